The molecule has 0 aliphatic rings. The number of imidazole rings is 1. The Balaban J connectivity index is 2.52. The lowest BCUT2D eigenvalue weighted by Gasteiger charge is -2.13. The van der Waals surface area contributed by atoms with Crippen LogP contribution in [0.15, 0.2) is 12.4 Å². The van der Waals surface area contributed by atoms with E-state index in [9.17, 15) is 4.79 Å². The Morgan fingerprint density at radius 3 is 3.00 bits per heavy atom. The second-order valence-corrected chi connectivity index (χ2v) is 3.42. The SMILES string of the molecule is CCc1nccn1CCC(NC)C(N)=O. The second kappa shape index (κ2) is 5.50. The van der Waals surface area contributed by atoms with E-state index in [1.165, 1.54) is 0 Å². The zero-order valence-electron chi connectivity index (χ0n) is 9.23. The van der Waals surface area contributed by atoms with E-state index in [0.717, 1.165) is 18.8 Å². The predicted octanol–water partition coefficient (Wildman–Crippen LogP) is -0.0911. The highest BCUT2D eigenvalue weighted by Crippen LogP contribution is 2.02. The van der Waals surface area contributed by atoms with Gasteiger partial charge in [-0.3, -0.25) is 4.79 Å². The van der Waals surface area contributed by atoms with Crippen LogP contribution >= 0.6 is 0 Å². The van der Waals surface area contributed by atoms with Crippen molar-refractivity contribution in [3.63, 3.8) is 0 Å². The first kappa shape index (κ1) is 11.7. The fourth-order valence-electron chi connectivity index (χ4n) is 1.56. The molecule has 1 amide bonds. The Labute approximate surface area is 89.7 Å². The number of rotatable bonds is 6. The average Bonchev–Trinajstić information content (AvgIpc) is 2.65. The number of nitrogens with one attached hydrogen (secondary N) is 1. The van der Waals surface area contributed by atoms with E-state index in [0.29, 0.717) is 6.42 Å². The first-order valence-electron chi connectivity index (χ1n) is 5.15. The zero-order valence-corrected chi connectivity index (χ0v) is 9.23. The third kappa shape index (κ3) is 3.06. The van der Waals surface area contributed by atoms with Crippen LogP contribution in [0.5, 0.6) is 0 Å². The molecular formula is C10H18N4O. The smallest absolute Gasteiger partial charge is 0.234 e. The highest BCUT2D eigenvalue weighted by atomic mass is 16.1. The summed E-state index contributed by atoms with van der Waals surface area (Å²) in [6.45, 7) is 2.82. The summed E-state index contributed by atoms with van der Waals surface area (Å²) < 4.78 is 2.05. The highest BCUT2D eigenvalue weighted by molar-refractivity contribution is 5.79. The normalized spacial score (nSPS) is 12.7. The van der Waals surface area contributed by atoms with Crippen LogP contribution in [0.1, 0.15) is 19.2 Å². The molecule has 1 heterocycles. The van der Waals surface area contributed by atoms with Gasteiger partial charge in [0.2, 0.25) is 5.91 Å². The molecule has 84 valence electrons. The molecule has 0 saturated carbocycles. The van der Waals surface area contributed by atoms with Gasteiger partial charge in [0, 0.05) is 25.4 Å². The molecule has 1 atom stereocenters. The number of likely N-dealkylation sites (N-methyl/N-ethyl adjacent to an activating group) is 1. The monoisotopic (exact) mass is 210 g/mol. The predicted molar refractivity (Wildman–Crippen MR) is 58.3 cm³/mol. The third-order valence-electron chi connectivity index (χ3n) is 2.47. The number of primary amides is 1. The molecule has 15 heavy (non-hydrogen) atoms. The zero-order chi connectivity index (χ0) is 11.3. The lowest BCUT2D eigenvalue weighted by molar-refractivity contribution is -0.120. The molecule has 0 fully saturated rings. The van der Waals surface area contributed by atoms with Crippen molar-refractivity contribution in [1.82, 2.24) is 14.9 Å². The van der Waals surface area contributed by atoms with E-state index < -0.39 is 0 Å². The van der Waals surface area contributed by atoms with E-state index in [2.05, 4.69) is 17.2 Å². The van der Waals surface area contributed by atoms with Crippen molar-refractivity contribution < 1.29 is 4.79 Å². The summed E-state index contributed by atoms with van der Waals surface area (Å²) in [5.41, 5.74) is 5.23. The Kier molecular flexibility index (Phi) is 4.30. The fourth-order valence-corrected chi connectivity index (χ4v) is 1.56. The fraction of sp³-hybridized carbons (Fsp3) is 0.600. The number of hydrogen-bond acceptors (Lipinski definition) is 3. The van der Waals surface area contributed by atoms with Crippen LogP contribution in [0.4, 0.5) is 0 Å². The molecule has 5 nitrogen and oxygen atoms in total. The van der Waals surface area contributed by atoms with Crippen LogP contribution in [0.25, 0.3) is 0 Å². The Morgan fingerprint density at radius 1 is 1.73 bits per heavy atom. The molecule has 1 aromatic heterocycles. The number of carbonyl (C=O) groups is 1. The second-order valence-electron chi connectivity index (χ2n) is 3.42. The van der Waals surface area contributed by atoms with Crippen molar-refractivity contribution in [2.45, 2.75) is 32.4 Å². The first-order valence-corrected chi connectivity index (χ1v) is 5.15. The number of aryl methyl sites for hydroxylation is 2. The van der Waals surface area contributed by atoms with E-state index in [4.69, 9.17) is 5.73 Å². The van der Waals surface area contributed by atoms with Crippen LogP contribution in [0.2, 0.25) is 0 Å². The maximum atomic E-state index is 11.0. The molecule has 5 heteroatoms. The molecule has 1 aromatic rings. The van der Waals surface area contributed by atoms with Crippen LogP contribution in [-0.4, -0.2) is 28.5 Å². The molecule has 0 radical (unpaired) electrons. The quantitative estimate of drug-likeness (QED) is 0.689. The lowest BCUT2D eigenvalue weighted by atomic mass is 10.2. The standard InChI is InChI=1S/C10H18N4O/c1-3-9-13-5-7-14(9)6-4-8(12-2)10(11)15/h5,7-8,12H,3-4,6H2,1-2H3,(H2,11,15). The number of aromatic nitrogens is 2. The van der Waals surface area contributed by atoms with Crippen LogP contribution < -0.4 is 11.1 Å². The molecule has 0 spiro atoms. The van der Waals surface area contributed by atoms with E-state index in [-0.39, 0.29) is 11.9 Å². The molecule has 0 aliphatic carbocycles. The van der Waals surface area contributed by atoms with Gasteiger partial charge in [-0.1, -0.05) is 6.92 Å². The maximum absolute atomic E-state index is 11.0. The van der Waals surface area contributed by atoms with Crippen molar-refractivity contribution in [2.24, 2.45) is 5.73 Å². The number of carbonyl (C=O) groups excluding carboxylic acids is 1. The van der Waals surface area contributed by atoms with Gasteiger partial charge in [0.05, 0.1) is 6.04 Å². The molecule has 3 N–H and O–H groups in total. The molecule has 0 aromatic carbocycles. The number of nitrogens with zero attached hydrogens (tertiary/aromatic N) is 2. The molecule has 1 unspecified atom stereocenters. The van der Waals surface area contributed by atoms with Crippen molar-refractivity contribution in [3.05, 3.63) is 18.2 Å². The van der Waals surface area contributed by atoms with Crippen molar-refractivity contribution in [3.8, 4) is 0 Å². The van der Waals surface area contributed by atoms with Crippen LogP contribution in [0, 0.1) is 0 Å². The van der Waals surface area contributed by atoms with E-state index in [1.54, 1.807) is 13.2 Å². The molecular weight excluding hydrogens is 192 g/mol. The molecule has 1 rings (SSSR count). The minimum absolute atomic E-state index is 0.267. The highest BCUT2D eigenvalue weighted by Gasteiger charge is 2.12. The van der Waals surface area contributed by atoms with Crippen molar-refractivity contribution in [1.29, 1.82) is 0 Å². The van der Waals surface area contributed by atoms with Crippen molar-refractivity contribution in [2.75, 3.05) is 7.05 Å². The summed E-state index contributed by atoms with van der Waals surface area (Å²) in [6.07, 6.45) is 5.28. The topological polar surface area (TPSA) is 72.9 Å². The lowest BCUT2D eigenvalue weighted by Crippen LogP contribution is -2.39. The summed E-state index contributed by atoms with van der Waals surface area (Å²) in [7, 11) is 1.74. The van der Waals surface area contributed by atoms with Gasteiger partial charge in [0.1, 0.15) is 5.82 Å². The summed E-state index contributed by atoms with van der Waals surface area (Å²) in [6, 6.07) is -0.267. The van der Waals surface area contributed by atoms with Gasteiger partial charge in [-0.25, -0.2) is 4.98 Å². The largest absolute Gasteiger partial charge is 0.368 e. The van der Waals surface area contributed by atoms with Gasteiger partial charge in [-0.2, -0.15) is 0 Å². The Bertz CT molecular complexity index is 321. The summed E-state index contributed by atoms with van der Waals surface area (Å²) in [5, 5.41) is 2.89. The van der Waals surface area contributed by atoms with Gasteiger partial charge in [-0.15, -0.1) is 0 Å². The van der Waals surface area contributed by atoms with Gasteiger partial charge in [-0.05, 0) is 13.5 Å². The van der Waals surface area contributed by atoms with E-state index in [1.807, 2.05) is 10.8 Å². The first-order chi connectivity index (χ1) is 7.19. The van der Waals surface area contributed by atoms with Crippen molar-refractivity contribution >= 4 is 5.91 Å². The van der Waals surface area contributed by atoms with Gasteiger partial charge in [0.25, 0.3) is 0 Å². The van der Waals surface area contributed by atoms with Gasteiger partial charge in [0.15, 0.2) is 0 Å². The van der Waals surface area contributed by atoms with Gasteiger partial charge < -0.3 is 15.6 Å². The van der Waals surface area contributed by atoms with Crippen LogP contribution in [-0.2, 0) is 17.8 Å². The Morgan fingerprint density at radius 2 is 2.47 bits per heavy atom. The third-order valence-corrected chi connectivity index (χ3v) is 2.47. The molecule has 0 bridgehead atoms. The number of hydrogen-bond donors (Lipinski definition) is 2. The minimum atomic E-state index is -0.310. The number of amides is 1. The molecule has 0 saturated heterocycles. The number of nitrogens with two attached hydrogens (primary N) is 1. The average molecular weight is 210 g/mol. The summed E-state index contributed by atoms with van der Waals surface area (Å²) in [5.74, 6) is 0.727. The van der Waals surface area contributed by atoms with Crippen LogP contribution in [0.3, 0.4) is 0 Å². The summed E-state index contributed by atoms with van der Waals surface area (Å²) >= 11 is 0. The maximum Gasteiger partial charge on any atom is 0.234 e. The molecule has 0 aliphatic heterocycles. The summed E-state index contributed by atoms with van der Waals surface area (Å²) in [4.78, 5) is 15.2. The Hall–Kier alpha value is -1.36. The van der Waals surface area contributed by atoms with E-state index >= 15 is 0 Å². The van der Waals surface area contributed by atoms with Gasteiger partial charge >= 0.3 is 0 Å². The minimum Gasteiger partial charge on any atom is -0.368 e.